The molecule has 0 aliphatic heterocycles. The van der Waals surface area contributed by atoms with E-state index in [1.807, 2.05) is 67.6 Å². The van der Waals surface area contributed by atoms with Crippen LogP contribution >= 0.6 is 0 Å². The summed E-state index contributed by atoms with van der Waals surface area (Å²) in [6, 6.07) is 49.3. The molecule has 0 saturated heterocycles. The number of nitrogens with zero attached hydrogens (tertiary/aromatic N) is 2. The average Bonchev–Trinajstić information content (AvgIpc) is 3.26. The van der Waals surface area contributed by atoms with Crippen molar-refractivity contribution in [2.45, 2.75) is 59.8 Å². The number of carbonyl (C=O) groups excluding carboxylic acids is 1. The van der Waals surface area contributed by atoms with Crippen LogP contribution in [0.4, 0.5) is 34.1 Å². The van der Waals surface area contributed by atoms with Crippen molar-refractivity contribution < 1.29 is 23.7 Å². The predicted molar refractivity (Wildman–Crippen MR) is 238 cm³/mol. The highest BCUT2D eigenvalue weighted by atomic mass is 16.6. The van der Waals surface area contributed by atoms with Crippen LogP contribution in [-0.4, -0.2) is 25.8 Å². The summed E-state index contributed by atoms with van der Waals surface area (Å²) < 4.78 is 24.1. The van der Waals surface area contributed by atoms with Gasteiger partial charge in [0.1, 0.15) is 11.5 Å². The number of anilines is 6. The van der Waals surface area contributed by atoms with E-state index in [0.717, 1.165) is 83.2 Å². The van der Waals surface area contributed by atoms with Gasteiger partial charge in [-0.05, 0) is 134 Å². The second-order valence-electron chi connectivity index (χ2n) is 14.1. The van der Waals surface area contributed by atoms with E-state index in [2.05, 4.69) is 115 Å². The number of rotatable bonds is 20. The van der Waals surface area contributed by atoms with Crippen LogP contribution in [0, 0.1) is 0 Å². The maximum Gasteiger partial charge on any atom is 0.338 e. The highest BCUT2D eigenvalue weighted by Gasteiger charge is 2.23. The molecular formula is C51H54N2O5. The van der Waals surface area contributed by atoms with Crippen LogP contribution in [0.3, 0.4) is 0 Å². The summed E-state index contributed by atoms with van der Waals surface area (Å²) in [4.78, 5) is 17.3. The second kappa shape index (κ2) is 20.6. The van der Waals surface area contributed by atoms with Crippen molar-refractivity contribution in [1.29, 1.82) is 0 Å². The summed E-state index contributed by atoms with van der Waals surface area (Å²) >= 11 is 0. The first-order chi connectivity index (χ1) is 28.4. The Labute approximate surface area is 344 Å². The molecule has 0 spiro atoms. The summed E-state index contributed by atoms with van der Waals surface area (Å²) in [6.45, 7) is 13.7. The molecule has 6 aromatic carbocycles. The number of hydrogen-bond donors (Lipinski definition) is 0. The molecule has 6 rings (SSSR count). The zero-order valence-electron chi connectivity index (χ0n) is 34.2. The van der Waals surface area contributed by atoms with E-state index in [1.165, 1.54) is 0 Å². The minimum atomic E-state index is -0.522. The van der Waals surface area contributed by atoms with E-state index in [4.69, 9.17) is 18.9 Å². The van der Waals surface area contributed by atoms with Gasteiger partial charge in [-0.15, -0.1) is 0 Å². The van der Waals surface area contributed by atoms with Crippen LogP contribution in [-0.2, 0) is 4.79 Å². The van der Waals surface area contributed by atoms with Crippen molar-refractivity contribution in [3.63, 3.8) is 0 Å². The molecule has 0 bridgehead atoms. The molecule has 6 aromatic rings. The minimum Gasteiger partial charge on any atom is -0.494 e. The number of hydrogen-bond acceptors (Lipinski definition) is 7. The van der Waals surface area contributed by atoms with E-state index in [-0.39, 0.29) is 0 Å². The monoisotopic (exact) mass is 774 g/mol. The third-order valence-corrected chi connectivity index (χ3v) is 9.53. The number of ether oxygens (including phenoxy) is 4. The molecule has 0 aliphatic rings. The molecule has 0 saturated carbocycles. The summed E-state index contributed by atoms with van der Waals surface area (Å²) in [6.07, 6.45) is 4.98. The smallest absolute Gasteiger partial charge is 0.338 e. The van der Waals surface area contributed by atoms with E-state index in [9.17, 15) is 4.79 Å². The fourth-order valence-corrected chi connectivity index (χ4v) is 6.40. The van der Waals surface area contributed by atoms with Crippen molar-refractivity contribution in [2.24, 2.45) is 0 Å². The van der Waals surface area contributed by atoms with Crippen molar-refractivity contribution >= 4 is 40.1 Å². The van der Waals surface area contributed by atoms with Crippen molar-refractivity contribution in [3.8, 4) is 34.1 Å². The van der Waals surface area contributed by atoms with Crippen LogP contribution in [0.2, 0.25) is 0 Å². The third-order valence-electron chi connectivity index (χ3n) is 9.53. The van der Waals surface area contributed by atoms with E-state index in [0.29, 0.717) is 42.6 Å². The zero-order valence-corrected chi connectivity index (χ0v) is 34.2. The minimum absolute atomic E-state index is 0.295. The van der Waals surface area contributed by atoms with E-state index in [1.54, 1.807) is 6.92 Å². The van der Waals surface area contributed by atoms with E-state index < -0.39 is 5.97 Å². The summed E-state index contributed by atoms with van der Waals surface area (Å²) in [7, 11) is 0. The summed E-state index contributed by atoms with van der Waals surface area (Å²) in [5.74, 6) is 1.96. The Balaban J connectivity index is 1.34. The molecule has 0 amide bonds. The standard InChI is InChI=1S/C51H54N2O5/c1-6-9-36-55-46-31-27-43(28-32-46)52(41-15-12-11-13-16-41)42-23-19-39(20-24-42)40-21-25-44(26-22-40)53(45-29-33-47(34-30-45)56-37-10-7-2)48-17-14-18-49(57-35-8-3)50(48)58-51(54)38(4)5/h11-34H,4,6-10,35-37H2,1-3,5H3. The fraction of sp³-hybridized carbons (Fsp3) is 0.235. The molecule has 0 aliphatic carbocycles. The van der Waals surface area contributed by atoms with Crippen LogP contribution in [0.15, 0.2) is 158 Å². The van der Waals surface area contributed by atoms with Gasteiger partial charge in [-0.25, -0.2) is 4.79 Å². The SMILES string of the molecule is C=C(C)C(=O)Oc1c(OCCC)cccc1N(c1ccc(OCCCC)cc1)c1ccc(-c2ccc(N(c3ccccc3)c3ccc(OCCCC)cc3)cc2)cc1. The van der Waals surface area contributed by atoms with Crippen molar-refractivity contribution in [3.05, 3.63) is 158 Å². The number of unbranched alkanes of at least 4 members (excludes halogenated alkanes) is 2. The molecule has 0 N–H and O–H groups in total. The van der Waals surface area contributed by atoms with Crippen molar-refractivity contribution in [1.82, 2.24) is 0 Å². The lowest BCUT2D eigenvalue weighted by Crippen LogP contribution is -2.16. The van der Waals surface area contributed by atoms with Gasteiger partial charge >= 0.3 is 5.97 Å². The van der Waals surface area contributed by atoms with Gasteiger partial charge in [-0.1, -0.05) is 88.7 Å². The lowest BCUT2D eigenvalue weighted by molar-refractivity contribution is -0.130. The topological polar surface area (TPSA) is 60.5 Å². The Morgan fingerprint density at radius 1 is 0.500 bits per heavy atom. The molecule has 58 heavy (non-hydrogen) atoms. The molecule has 0 unspecified atom stereocenters. The van der Waals surface area contributed by atoms with Crippen molar-refractivity contribution in [2.75, 3.05) is 29.6 Å². The highest BCUT2D eigenvalue weighted by Crippen LogP contribution is 2.46. The molecule has 298 valence electrons. The number of carbonyl (C=O) groups is 1. The van der Waals surface area contributed by atoms with Gasteiger partial charge in [-0.2, -0.15) is 0 Å². The summed E-state index contributed by atoms with van der Waals surface area (Å²) in [5, 5.41) is 0. The van der Waals surface area contributed by atoms with Gasteiger partial charge in [0.15, 0.2) is 11.5 Å². The predicted octanol–water partition coefficient (Wildman–Crippen LogP) is 13.9. The molecule has 0 heterocycles. The van der Waals surface area contributed by atoms with Gasteiger partial charge in [0.25, 0.3) is 0 Å². The van der Waals surface area contributed by atoms with Crippen LogP contribution in [0.25, 0.3) is 11.1 Å². The molecule has 0 aromatic heterocycles. The first kappa shape index (κ1) is 41.2. The summed E-state index contributed by atoms with van der Waals surface area (Å²) in [5.41, 5.74) is 7.98. The molecule has 0 atom stereocenters. The Bertz CT molecular complexity index is 2200. The van der Waals surface area contributed by atoms with Gasteiger partial charge in [0.2, 0.25) is 0 Å². The van der Waals surface area contributed by atoms with Gasteiger partial charge in [0, 0.05) is 34.0 Å². The molecule has 7 nitrogen and oxygen atoms in total. The lowest BCUT2D eigenvalue weighted by Gasteiger charge is -2.28. The quantitative estimate of drug-likeness (QED) is 0.0331. The number of para-hydroxylation sites is 2. The lowest BCUT2D eigenvalue weighted by atomic mass is 10.0. The van der Waals surface area contributed by atoms with Crippen LogP contribution in [0.5, 0.6) is 23.0 Å². The second-order valence-corrected chi connectivity index (χ2v) is 14.1. The maximum atomic E-state index is 13.0. The van der Waals surface area contributed by atoms with Gasteiger partial charge < -0.3 is 28.7 Å². The number of esters is 1. The highest BCUT2D eigenvalue weighted by molar-refractivity contribution is 5.92. The first-order valence-electron chi connectivity index (χ1n) is 20.3. The largest absolute Gasteiger partial charge is 0.494 e. The Kier molecular flexibility index (Phi) is 14.6. The normalized spacial score (nSPS) is 10.8. The van der Waals surface area contributed by atoms with Crippen LogP contribution in [0.1, 0.15) is 59.8 Å². The maximum absolute atomic E-state index is 13.0. The Morgan fingerprint density at radius 3 is 1.43 bits per heavy atom. The third kappa shape index (κ3) is 10.5. The number of benzene rings is 6. The molecule has 0 fully saturated rings. The Hall–Kier alpha value is -6.47. The first-order valence-corrected chi connectivity index (χ1v) is 20.3. The average molecular weight is 775 g/mol. The van der Waals surface area contributed by atoms with Gasteiger partial charge in [0.05, 0.1) is 25.5 Å². The Morgan fingerprint density at radius 2 is 0.966 bits per heavy atom. The van der Waals surface area contributed by atoms with E-state index >= 15 is 0 Å². The molecule has 7 heteroatoms. The van der Waals surface area contributed by atoms with Gasteiger partial charge in [-0.3, -0.25) is 0 Å². The fourth-order valence-electron chi connectivity index (χ4n) is 6.40. The zero-order chi connectivity index (χ0) is 40.7. The van der Waals surface area contributed by atoms with Crippen LogP contribution < -0.4 is 28.7 Å². The molecular weight excluding hydrogens is 721 g/mol. The molecule has 0 radical (unpaired) electrons.